The van der Waals surface area contributed by atoms with Crippen LogP contribution in [-0.2, 0) is 24.0 Å². The van der Waals surface area contributed by atoms with E-state index >= 15 is 0 Å². The van der Waals surface area contributed by atoms with E-state index in [9.17, 15) is 4.79 Å². The molecule has 0 radical (unpaired) electrons. The van der Waals surface area contributed by atoms with Crippen LogP contribution in [0.15, 0.2) is 22.7 Å². The minimum Gasteiger partial charge on any atom is -0.368 e. The SMILES string of the molecule is O=C(NCCc1noc([C@@H]2CCCO2)n1)c1ccc2c(c1)CCCC2. The van der Waals surface area contributed by atoms with E-state index in [1.165, 1.54) is 24.0 Å². The van der Waals surface area contributed by atoms with E-state index in [2.05, 4.69) is 21.5 Å². The first kappa shape index (κ1) is 16.3. The lowest BCUT2D eigenvalue weighted by atomic mass is 9.90. The Morgan fingerprint density at radius 3 is 2.92 bits per heavy atom. The van der Waals surface area contributed by atoms with Crippen LogP contribution >= 0.6 is 0 Å². The van der Waals surface area contributed by atoms with Gasteiger partial charge in [-0.05, 0) is 61.8 Å². The summed E-state index contributed by atoms with van der Waals surface area (Å²) < 4.78 is 10.8. The smallest absolute Gasteiger partial charge is 0.255 e. The molecule has 132 valence electrons. The first-order valence-electron chi connectivity index (χ1n) is 9.14. The second-order valence-electron chi connectivity index (χ2n) is 6.75. The number of aromatic nitrogens is 2. The van der Waals surface area contributed by atoms with Gasteiger partial charge in [0.25, 0.3) is 11.8 Å². The molecule has 6 heteroatoms. The fourth-order valence-corrected chi connectivity index (χ4v) is 3.54. The van der Waals surface area contributed by atoms with Gasteiger partial charge in [-0.15, -0.1) is 0 Å². The van der Waals surface area contributed by atoms with Crippen molar-refractivity contribution in [2.24, 2.45) is 0 Å². The maximum Gasteiger partial charge on any atom is 0.255 e. The summed E-state index contributed by atoms with van der Waals surface area (Å²) in [7, 11) is 0. The standard InChI is InChI=1S/C19H23N3O3/c23-18(15-8-7-13-4-1-2-5-14(13)12-15)20-10-9-17-21-19(25-22-17)16-6-3-11-24-16/h7-8,12,16H,1-6,9-11H2,(H,20,23)/t16-/m0/s1. The number of hydrogen-bond acceptors (Lipinski definition) is 5. The van der Waals surface area contributed by atoms with Gasteiger partial charge in [0.05, 0.1) is 0 Å². The van der Waals surface area contributed by atoms with E-state index in [4.69, 9.17) is 9.26 Å². The Bertz CT molecular complexity index is 750. The monoisotopic (exact) mass is 341 g/mol. The highest BCUT2D eigenvalue weighted by Gasteiger charge is 2.23. The average Bonchev–Trinajstić information content (AvgIpc) is 3.32. The van der Waals surface area contributed by atoms with Gasteiger partial charge in [-0.1, -0.05) is 11.2 Å². The van der Waals surface area contributed by atoms with Gasteiger partial charge in [0.15, 0.2) is 5.82 Å². The Kier molecular flexibility index (Phi) is 4.78. The number of nitrogens with zero attached hydrogens (tertiary/aromatic N) is 2. The zero-order chi connectivity index (χ0) is 17.1. The maximum absolute atomic E-state index is 12.3. The Morgan fingerprint density at radius 2 is 2.08 bits per heavy atom. The number of ether oxygens (including phenoxy) is 1. The van der Waals surface area contributed by atoms with E-state index in [-0.39, 0.29) is 12.0 Å². The van der Waals surface area contributed by atoms with Crippen LogP contribution in [0.2, 0.25) is 0 Å². The number of fused-ring (bicyclic) bond motifs is 1. The number of aryl methyl sites for hydroxylation is 2. The molecule has 4 rings (SSSR count). The second-order valence-corrected chi connectivity index (χ2v) is 6.75. The minimum atomic E-state index is -0.0636. The minimum absolute atomic E-state index is 0.0452. The highest BCUT2D eigenvalue weighted by atomic mass is 16.5. The molecule has 0 spiro atoms. The Hall–Kier alpha value is -2.21. The van der Waals surface area contributed by atoms with Gasteiger partial charge in [0, 0.05) is 25.1 Å². The zero-order valence-electron chi connectivity index (χ0n) is 14.3. The Balaban J connectivity index is 1.30. The molecular weight excluding hydrogens is 318 g/mol. The summed E-state index contributed by atoms with van der Waals surface area (Å²) in [6, 6.07) is 6.05. The van der Waals surface area contributed by atoms with Crippen LogP contribution in [0.25, 0.3) is 0 Å². The first-order chi connectivity index (χ1) is 12.3. The van der Waals surface area contributed by atoms with Gasteiger partial charge in [0.1, 0.15) is 6.10 Å². The average molecular weight is 341 g/mol. The Morgan fingerprint density at radius 1 is 1.20 bits per heavy atom. The second kappa shape index (κ2) is 7.35. The molecule has 1 atom stereocenters. The molecule has 1 amide bonds. The number of amides is 1. The molecule has 1 aromatic heterocycles. The van der Waals surface area contributed by atoms with Gasteiger partial charge < -0.3 is 14.6 Å². The van der Waals surface area contributed by atoms with Crippen molar-refractivity contribution in [3.05, 3.63) is 46.6 Å². The lowest BCUT2D eigenvalue weighted by molar-refractivity contribution is 0.0835. The van der Waals surface area contributed by atoms with Gasteiger partial charge in [0.2, 0.25) is 0 Å². The summed E-state index contributed by atoms with van der Waals surface area (Å²) in [5.74, 6) is 1.11. The summed E-state index contributed by atoms with van der Waals surface area (Å²) in [4.78, 5) is 16.7. The topological polar surface area (TPSA) is 77.2 Å². The van der Waals surface area contributed by atoms with Gasteiger partial charge >= 0.3 is 0 Å². The molecule has 1 aliphatic heterocycles. The van der Waals surface area contributed by atoms with E-state index in [1.807, 2.05) is 12.1 Å². The van der Waals surface area contributed by atoms with E-state index in [0.29, 0.717) is 24.7 Å². The van der Waals surface area contributed by atoms with Crippen molar-refractivity contribution in [2.45, 2.75) is 51.0 Å². The molecule has 1 saturated heterocycles. The normalized spacial score (nSPS) is 19.6. The lowest BCUT2D eigenvalue weighted by Gasteiger charge is -2.16. The number of carbonyl (C=O) groups is 1. The summed E-state index contributed by atoms with van der Waals surface area (Å²) >= 11 is 0. The largest absolute Gasteiger partial charge is 0.368 e. The predicted octanol–water partition coefficient (Wildman–Crippen LogP) is 2.77. The van der Waals surface area contributed by atoms with Crippen LogP contribution in [-0.4, -0.2) is 29.2 Å². The van der Waals surface area contributed by atoms with Gasteiger partial charge in [-0.3, -0.25) is 4.79 Å². The molecular formula is C19H23N3O3. The molecule has 1 aromatic carbocycles. The van der Waals surface area contributed by atoms with Crippen molar-refractivity contribution in [1.29, 1.82) is 0 Å². The van der Waals surface area contributed by atoms with Crippen molar-refractivity contribution in [3.8, 4) is 0 Å². The predicted molar refractivity (Wildman–Crippen MR) is 91.3 cm³/mol. The molecule has 2 heterocycles. The third-order valence-electron chi connectivity index (χ3n) is 4.93. The van der Waals surface area contributed by atoms with Crippen molar-refractivity contribution < 1.29 is 14.1 Å². The van der Waals surface area contributed by atoms with E-state index in [1.54, 1.807) is 0 Å². The zero-order valence-corrected chi connectivity index (χ0v) is 14.3. The molecule has 1 fully saturated rings. The van der Waals surface area contributed by atoms with Crippen molar-refractivity contribution in [3.63, 3.8) is 0 Å². The van der Waals surface area contributed by atoms with E-state index < -0.39 is 0 Å². The molecule has 1 N–H and O–H groups in total. The van der Waals surface area contributed by atoms with Crippen molar-refractivity contribution in [2.75, 3.05) is 13.2 Å². The molecule has 6 nitrogen and oxygen atoms in total. The number of carbonyl (C=O) groups excluding carboxylic acids is 1. The van der Waals surface area contributed by atoms with Crippen molar-refractivity contribution in [1.82, 2.24) is 15.5 Å². The fourth-order valence-electron chi connectivity index (χ4n) is 3.54. The summed E-state index contributed by atoms with van der Waals surface area (Å²) in [6.07, 6.45) is 7.10. The quantitative estimate of drug-likeness (QED) is 0.905. The third kappa shape index (κ3) is 3.74. The maximum atomic E-state index is 12.3. The van der Waals surface area contributed by atoms with Crippen LogP contribution in [0.3, 0.4) is 0 Å². The fraction of sp³-hybridized carbons (Fsp3) is 0.526. The summed E-state index contributed by atoms with van der Waals surface area (Å²) in [5.41, 5.74) is 3.43. The highest BCUT2D eigenvalue weighted by Crippen LogP contribution is 2.27. The van der Waals surface area contributed by atoms with Gasteiger partial charge in [-0.25, -0.2) is 0 Å². The number of benzene rings is 1. The lowest BCUT2D eigenvalue weighted by Crippen LogP contribution is -2.26. The summed E-state index contributed by atoms with van der Waals surface area (Å²) in [5, 5.41) is 6.91. The van der Waals surface area contributed by atoms with Crippen LogP contribution in [0.4, 0.5) is 0 Å². The Labute approximate surface area is 147 Å². The van der Waals surface area contributed by atoms with Gasteiger partial charge in [-0.2, -0.15) is 4.98 Å². The van der Waals surface area contributed by atoms with Crippen LogP contribution < -0.4 is 5.32 Å². The third-order valence-corrected chi connectivity index (χ3v) is 4.93. The number of hydrogen-bond donors (Lipinski definition) is 1. The molecule has 0 unspecified atom stereocenters. The molecule has 0 bridgehead atoms. The number of rotatable bonds is 5. The van der Waals surface area contributed by atoms with Crippen LogP contribution in [0, 0.1) is 0 Å². The summed E-state index contributed by atoms with van der Waals surface area (Å²) in [6.45, 7) is 1.24. The molecule has 0 saturated carbocycles. The highest BCUT2D eigenvalue weighted by molar-refractivity contribution is 5.94. The molecule has 1 aliphatic carbocycles. The van der Waals surface area contributed by atoms with Crippen LogP contribution in [0.1, 0.15) is 65.0 Å². The molecule has 2 aliphatic rings. The molecule has 25 heavy (non-hydrogen) atoms. The van der Waals surface area contributed by atoms with Crippen LogP contribution in [0.5, 0.6) is 0 Å². The molecule has 2 aromatic rings. The number of nitrogens with one attached hydrogen (secondary N) is 1. The van der Waals surface area contributed by atoms with E-state index in [0.717, 1.165) is 37.9 Å². The van der Waals surface area contributed by atoms with Crippen molar-refractivity contribution >= 4 is 5.91 Å². The first-order valence-corrected chi connectivity index (χ1v) is 9.14.